The highest BCUT2D eigenvalue weighted by molar-refractivity contribution is 4.73. The second-order valence-corrected chi connectivity index (χ2v) is 2.39. The van der Waals surface area contributed by atoms with Crippen LogP contribution in [-0.4, -0.2) is 39.0 Å². The minimum Gasteiger partial charge on any atom is -0.353 e. The van der Waals surface area contributed by atoms with Gasteiger partial charge in [-0.1, -0.05) is 0 Å². The molecule has 0 aromatic heterocycles. The zero-order chi connectivity index (χ0) is 6.81. The Morgan fingerprint density at radius 3 is 1.80 bits per heavy atom. The largest absolute Gasteiger partial charge is 0.353 e. The first kappa shape index (κ1) is 6.54. The molecule has 2 atom stereocenters. The molecule has 4 nitrogen and oxygen atoms in total. The summed E-state index contributed by atoms with van der Waals surface area (Å²) in [5, 5.41) is 0. The fraction of sp³-hybridized carbons (Fsp3) is 1.00. The maximum Gasteiger partial charge on any atom is 0.147 e. The summed E-state index contributed by atoms with van der Waals surface area (Å²) in [5.74, 6) is 0. The molecule has 10 heavy (non-hydrogen) atoms. The van der Waals surface area contributed by atoms with Crippen LogP contribution in [0.3, 0.4) is 0 Å². The Kier molecular flexibility index (Phi) is 1.86. The van der Waals surface area contributed by atoms with Crippen molar-refractivity contribution in [2.45, 2.75) is 12.2 Å². The van der Waals surface area contributed by atoms with Crippen molar-refractivity contribution in [2.75, 3.05) is 26.8 Å². The van der Waals surface area contributed by atoms with Crippen LogP contribution in [0.15, 0.2) is 0 Å². The van der Waals surface area contributed by atoms with Crippen molar-refractivity contribution >= 4 is 0 Å². The van der Waals surface area contributed by atoms with Gasteiger partial charge in [-0.05, 0) is 0 Å². The molecule has 0 radical (unpaired) electrons. The van der Waals surface area contributed by atoms with Gasteiger partial charge in [-0.3, -0.25) is 0 Å². The van der Waals surface area contributed by atoms with Crippen LogP contribution in [0.2, 0.25) is 0 Å². The molecule has 2 rings (SSSR count). The summed E-state index contributed by atoms with van der Waals surface area (Å²) in [4.78, 5) is 0. The Balaban J connectivity index is 1.93. The second kappa shape index (κ2) is 2.84. The molecule has 0 aliphatic carbocycles. The van der Waals surface area contributed by atoms with Crippen LogP contribution in [0.25, 0.3) is 0 Å². The Hall–Kier alpha value is -0.160. The van der Waals surface area contributed by atoms with E-state index in [1.54, 1.807) is 0 Å². The molecular weight excluding hydrogens is 136 g/mol. The van der Waals surface area contributed by atoms with E-state index in [1.807, 2.05) is 0 Å². The van der Waals surface area contributed by atoms with Gasteiger partial charge in [0.25, 0.3) is 0 Å². The lowest BCUT2D eigenvalue weighted by molar-refractivity contribution is -0.276. The van der Waals surface area contributed by atoms with Gasteiger partial charge in [0.2, 0.25) is 0 Å². The molecule has 0 amide bonds. The maximum absolute atomic E-state index is 5.21. The normalized spacial score (nSPS) is 40.8. The summed E-state index contributed by atoms with van der Waals surface area (Å²) in [6.45, 7) is 2.00. The van der Waals surface area contributed by atoms with Gasteiger partial charge in [0.1, 0.15) is 25.8 Å². The summed E-state index contributed by atoms with van der Waals surface area (Å²) in [7, 11) is 0. The smallest absolute Gasteiger partial charge is 0.147 e. The Labute approximate surface area is 59.0 Å². The van der Waals surface area contributed by atoms with Gasteiger partial charge in [0, 0.05) is 0 Å². The lowest BCUT2D eigenvalue weighted by Gasteiger charge is -2.34. The van der Waals surface area contributed by atoms with E-state index in [-0.39, 0.29) is 12.2 Å². The summed E-state index contributed by atoms with van der Waals surface area (Å²) in [6.07, 6.45) is 0.171. The predicted octanol–water partition coefficient (Wildman–Crippen LogP) is -0.268. The highest BCUT2D eigenvalue weighted by Gasteiger charge is 2.30. The molecule has 0 N–H and O–H groups in total. The lowest BCUT2D eigenvalue weighted by atomic mass is 10.2. The molecule has 2 heterocycles. The van der Waals surface area contributed by atoms with Crippen molar-refractivity contribution in [3.8, 4) is 0 Å². The molecule has 2 aliphatic heterocycles. The first-order valence-corrected chi connectivity index (χ1v) is 3.35. The lowest BCUT2D eigenvalue weighted by Crippen LogP contribution is -2.47. The number of hydrogen-bond donors (Lipinski definition) is 0. The van der Waals surface area contributed by atoms with Crippen molar-refractivity contribution in [1.82, 2.24) is 0 Å². The summed E-state index contributed by atoms with van der Waals surface area (Å²) >= 11 is 0. The van der Waals surface area contributed by atoms with E-state index < -0.39 is 0 Å². The van der Waals surface area contributed by atoms with Gasteiger partial charge in [0.15, 0.2) is 0 Å². The summed E-state index contributed by atoms with van der Waals surface area (Å²) < 4.78 is 20.5. The van der Waals surface area contributed by atoms with Crippen molar-refractivity contribution in [3.63, 3.8) is 0 Å². The molecule has 4 heteroatoms. The maximum atomic E-state index is 5.21. The van der Waals surface area contributed by atoms with Gasteiger partial charge in [-0.25, -0.2) is 0 Å². The highest BCUT2D eigenvalue weighted by Crippen LogP contribution is 2.14. The molecule has 58 valence electrons. The minimum atomic E-state index is 0.0856. The van der Waals surface area contributed by atoms with E-state index in [9.17, 15) is 0 Å². The van der Waals surface area contributed by atoms with Gasteiger partial charge in [0.05, 0.1) is 13.2 Å². The Morgan fingerprint density at radius 2 is 1.30 bits per heavy atom. The predicted molar refractivity (Wildman–Crippen MR) is 31.4 cm³/mol. The third kappa shape index (κ3) is 1.15. The molecule has 0 bridgehead atoms. The molecular formula is C6H10O4. The van der Waals surface area contributed by atoms with E-state index in [1.165, 1.54) is 0 Å². The fourth-order valence-corrected chi connectivity index (χ4v) is 1.13. The monoisotopic (exact) mass is 146 g/mol. The Morgan fingerprint density at radius 1 is 0.800 bits per heavy atom. The minimum absolute atomic E-state index is 0.0856. The van der Waals surface area contributed by atoms with Crippen LogP contribution >= 0.6 is 0 Å². The molecule has 0 aromatic carbocycles. The Bertz CT molecular complexity index is 90.3. The van der Waals surface area contributed by atoms with E-state index in [0.29, 0.717) is 26.8 Å². The van der Waals surface area contributed by atoms with Gasteiger partial charge in [-0.2, -0.15) is 0 Å². The average molecular weight is 146 g/mol. The van der Waals surface area contributed by atoms with Crippen LogP contribution in [0.5, 0.6) is 0 Å². The van der Waals surface area contributed by atoms with Crippen LogP contribution in [0.4, 0.5) is 0 Å². The molecule has 0 aromatic rings. The van der Waals surface area contributed by atoms with E-state index in [4.69, 9.17) is 18.9 Å². The van der Waals surface area contributed by atoms with E-state index in [2.05, 4.69) is 0 Å². The SMILES string of the molecule is C1OC[C@@H]2OCOC[C@@H]2O1. The van der Waals surface area contributed by atoms with Gasteiger partial charge in [-0.15, -0.1) is 0 Å². The molecule has 2 saturated heterocycles. The number of ether oxygens (including phenoxy) is 4. The van der Waals surface area contributed by atoms with Crippen LogP contribution in [0.1, 0.15) is 0 Å². The van der Waals surface area contributed by atoms with E-state index in [0.717, 1.165) is 0 Å². The van der Waals surface area contributed by atoms with Gasteiger partial charge < -0.3 is 18.9 Å². The number of hydrogen-bond acceptors (Lipinski definition) is 4. The zero-order valence-corrected chi connectivity index (χ0v) is 5.62. The van der Waals surface area contributed by atoms with Crippen molar-refractivity contribution in [3.05, 3.63) is 0 Å². The van der Waals surface area contributed by atoms with E-state index >= 15 is 0 Å². The molecule has 0 unspecified atom stereocenters. The van der Waals surface area contributed by atoms with Crippen LogP contribution in [-0.2, 0) is 18.9 Å². The standard InChI is InChI=1S/C6H10O4/c1-5-6(10-3-7-1)2-8-4-9-5/h5-6H,1-4H2/t5-,6-/m0/s1. The number of rotatable bonds is 0. The van der Waals surface area contributed by atoms with Crippen LogP contribution < -0.4 is 0 Å². The second-order valence-electron chi connectivity index (χ2n) is 2.39. The van der Waals surface area contributed by atoms with Crippen LogP contribution in [0, 0.1) is 0 Å². The molecule has 2 aliphatic rings. The number of fused-ring (bicyclic) bond motifs is 1. The third-order valence-electron chi connectivity index (χ3n) is 1.71. The molecule has 0 saturated carbocycles. The quantitative estimate of drug-likeness (QED) is 0.471. The van der Waals surface area contributed by atoms with Crippen molar-refractivity contribution in [2.24, 2.45) is 0 Å². The topological polar surface area (TPSA) is 36.9 Å². The third-order valence-corrected chi connectivity index (χ3v) is 1.71. The first-order chi connectivity index (χ1) is 4.97. The summed E-state index contributed by atoms with van der Waals surface area (Å²) in [6, 6.07) is 0. The van der Waals surface area contributed by atoms with Crippen molar-refractivity contribution < 1.29 is 18.9 Å². The fourth-order valence-electron chi connectivity index (χ4n) is 1.13. The summed E-state index contributed by atoms with van der Waals surface area (Å²) in [5.41, 5.74) is 0. The highest BCUT2D eigenvalue weighted by atomic mass is 16.7. The molecule has 0 spiro atoms. The van der Waals surface area contributed by atoms with Gasteiger partial charge >= 0.3 is 0 Å². The zero-order valence-electron chi connectivity index (χ0n) is 5.62. The average Bonchev–Trinajstić information content (AvgIpc) is 2.05. The first-order valence-electron chi connectivity index (χ1n) is 3.35. The molecule has 2 fully saturated rings. The van der Waals surface area contributed by atoms with Crippen molar-refractivity contribution in [1.29, 1.82) is 0 Å².